The van der Waals surface area contributed by atoms with Gasteiger partial charge >= 0.3 is 0 Å². The summed E-state index contributed by atoms with van der Waals surface area (Å²) in [5, 5.41) is 14.2. The molecule has 1 aromatic heterocycles. The molecule has 4 saturated heterocycles. The zero-order valence-electron chi connectivity index (χ0n) is 44.3. The van der Waals surface area contributed by atoms with Crippen molar-refractivity contribution in [2.24, 2.45) is 11.8 Å². The van der Waals surface area contributed by atoms with Crippen LogP contribution in [0.4, 0.5) is 4.39 Å². The number of H-pyrrole nitrogens is 1. The third kappa shape index (κ3) is 13.5. The first kappa shape index (κ1) is 53.4. The Balaban J connectivity index is 0.000000227. The summed E-state index contributed by atoms with van der Waals surface area (Å²) in [7, 11) is 0. The number of likely N-dealkylation sites (tertiary alicyclic amines) is 2. The van der Waals surface area contributed by atoms with E-state index in [1.807, 2.05) is 28.0 Å². The van der Waals surface area contributed by atoms with Gasteiger partial charge in [-0.1, -0.05) is 55.7 Å². The fraction of sp³-hybridized carbons (Fsp3) is 0.576. The van der Waals surface area contributed by atoms with E-state index in [0.717, 1.165) is 120 Å². The molecule has 5 aliphatic heterocycles. The van der Waals surface area contributed by atoms with Crippen LogP contribution in [0.1, 0.15) is 126 Å². The van der Waals surface area contributed by atoms with Gasteiger partial charge in [-0.15, -0.1) is 0 Å². The Kier molecular flexibility index (Phi) is 17.5. The Morgan fingerprint density at radius 1 is 0.658 bits per heavy atom. The van der Waals surface area contributed by atoms with Crippen LogP contribution in [0.5, 0.6) is 0 Å². The average molecular weight is 1040 g/mol. The molecule has 2 saturated carbocycles. The Hall–Kier alpha value is -6.04. The smallest absolute Gasteiger partial charge is 0.272 e. The highest BCUT2D eigenvalue weighted by molar-refractivity contribution is 5.97. The Morgan fingerprint density at radius 2 is 1.38 bits per heavy atom. The predicted molar refractivity (Wildman–Crippen MR) is 289 cm³/mol. The van der Waals surface area contributed by atoms with Crippen molar-refractivity contribution < 1.29 is 28.4 Å². The number of nitrogens with zero attached hydrogens (tertiary/aromatic N) is 7. The summed E-state index contributed by atoms with van der Waals surface area (Å²) in [6, 6.07) is 18.6. The molecule has 3 N–H and O–H groups in total. The zero-order valence-corrected chi connectivity index (χ0v) is 44.3. The van der Waals surface area contributed by atoms with Crippen LogP contribution in [-0.4, -0.2) is 180 Å². The monoisotopic (exact) mass is 1040 g/mol. The second-order valence-electron chi connectivity index (χ2n) is 22.6. The van der Waals surface area contributed by atoms with Crippen molar-refractivity contribution in [1.29, 1.82) is 0 Å². The summed E-state index contributed by atoms with van der Waals surface area (Å²) >= 11 is 0. The van der Waals surface area contributed by atoms with Crippen LogP contribution < -0.4 is 16.2 Å². The van der Waals surface area contributed by atoms with Crippen LogP contribution >= 0.6 is 0 Å². The van der Waals surface area contributed by atoms with Crippen LogP contribution in [0.25, 0.3) is 10.8 Å². The van der Waals surface area contributed by atoms with Gasteiger partial charge in [0.1, 0.15) is 5.82 Å². The van der Waals surface area contributed by atoms with E-state index in [4.69, 9.17) is 0 Å². The first-order chi connectivity index (χ1) is 37.0. The molecule has 4 aromatic rings. The summed E-state index contributed by atoms with van der Waals surface area (Å²) < 4.78 is 15.0. The number of hydrogen-bond acceptors (Lipinski definition) is 10. The van der Waals surface area contributed by atoms with Gasteiger partial charge in [0.25, 0.3) is 17.4 Å². The highest BCUT2D eigenvalue weighted by atomic mass is 19.1. The number of aromatic amines is 1. The summed E-state index contributed by atoms with van der Waals surface area (Å²) in [5.74, 6) is 1.24. The van der Waals surface area contributed by atoms with E-state index in [0.29, 0.717) is 92.0 Å². The lowest BCUT2D eigenvalue weighted by Gasteiger charge is -2.40. The molecule has 11 rings (SSSR count). The van der Waals surface area contributed by atoms with Crippen LogP contribution in [0.2, 0.25) is 0 Å². The highest BCUT2D eigenvalue weighted by Crippen LogP contribution is 2.31. The molecule has 5 amide bonds. The molecule has 17 heteroatoms. The van der Waals surface area contributed by atoms with Gasteiger partial charge in [0, 0.05) is 114 Å². The minimum absolute atomic E-state index is 0.00101. The maximum absolute atomic E-state index is 15.0. The van der Waals surface area contributed by atoms with E-state index in [9.17, 15) is 33.2 Å². The molecule has 406 valence electrons. The number of carbonyl (C=O) groups is 5. The number of rotatable bonds is 13. The third-order valence-electron chi connectivity index (χ3n) is 17.2. The first-order valence-corrected chi connectivity index (χ1v) is 28.5. The van der Waals surface area contributed by atoms with E-state index in [-0.39, 0.29) is 34.8 Å². The predicted octanol–water partition coefficient (Wildman–Crippen LogP) is 5.19. The molecule has 6 fully saturated rings. The Labute approximate surface area is 446 Å². The maximum atomic E-state index is 15.0. The van der Waals surface area contributed by atoms with Crippen molar-refractivity contribution in [3.63, 3.8) is 0 Å². The molecule has 0 bridgehead atoms. The number of halogens is 1. The highest BCUT2D eigenvalue weighted by Gasteiger charge is 2.32. The Morgan fingerprint density at radius 3 is 2.14 bits per heavy atom. The van der Waals surface area contributed by atoms with Crippen molar-refractivity contribution in [1.82, 2.24) is 50.2 Å². The van der Waals surface area contributed by atoms with Crippen molar-refractivity contribution in [2.75, 3.05) is 105 Å². The molecule has 76 heavy (non-hydrogen) atoms. The average Bonchev–Trinajstić information content (AvgIpc) is 4.30. The van der Waals surface area contributed by atoms with E-state index in [2.05, 4.69) is 47.7 Å². The largest absolute Gasteiger partial charge is 0.352 e. The molecule has 3 aromatic carbocycles. The number of aromatic nitrogens is 2. The summed E-state index contributed by atoms with van der Waals surface area (Å²) in [4.78, 5) is 88.5. The molecule has 0 radical (unpaired) electrons. The van der Waals surface area contributed by atoms with Gasteiger partial charge in [0.15, 0.2) is 0 Å². The molecule has 2 aliphatic carbocycles. The molecule has 1 unspecified atom stereocenters. The standard InChI is InChI=1S/C40H52FN7O4.C19H25N3O2/c41-35-11-10-31(25-36-32-8-4-5-9-33(32)39(51)43-42-36)24-34(35)40(52)48-22-20-47(21-23-48)38(50)28-44-14-12-30(13-15-44)27-45-16-18-46(19-17-45)37(49)26-29-6-2-1-3-7-29;23-18(11-21-16-5-6-16)22-9-1-2-15(12-22)14-4-3-13-7-8-20-19(24)17(13)10-14/h4-5,8-11,24,29-30H,1-3,6-7,12-23,25-28H2,(H,43,51);3-4,10,15-16,21H,1-2,5-9,11-12H2,(H,20,24). The van der Waals surface area contributed by atoms with E-state index in [1.54, 1.807) is 29.2 Å². The van der Waals surface area contributed by atoms with Gasteiger partial charge in [0.2, 0.25) is 17.7 Å². The fourth-order valence-corrected chi connectivity index (χ4v) is 12.4. The lowest BCUT2D eigenvalue weighted by molar-refractivity contribution is -0.135. The maximum Gasteiger partial charge on any atom is 0.272 e. The molecule has 0 spiro atoms. The van der Waals surface area contributed by atoms with Gasteiger partial charge in [-0.3, -0.25) is 38.6 Å². The number of amides is 5. The number of piperidine rings is 2. The molecule has 7 aliphatic rings. The fourth-order valence-electron chi connectivity index (χ4n) is 12.4. The molecular weight excluding hydrogens is 964 g/mol. The van der Waals surface area contributed by atoms with Gasteiger partial charge in [-0.25, -0.2) is 9.49 Å². The number of benzene rings is 3. The minimum Gasteiger partial charge on any atom is -0.352 e. The number of hydrogen-bond donors (Lipinski definition) is 3. The van der Waals surface area contributed by atoms with E-state index in [1.165, 1.54) is 56.6 Å². The van der Waals surface area contributed by atoms with Gasteiger partial charge in [-0.05, 0) is 124 Å². The van der Waals surface area contributed by atoms with Crippen LogP contribution in [0, 0.1) is 17.7 Å². The molecule has 1 atom stereocenters. The molecule has 6 heterocycles. The van der Waals surface area contributed by atoms with E-state index < -0.39 is 5.82 Å². The quantitative estimate of drug-likeness (QED) is 0.162. The van der Waals surface area contributed by atoms with Crippen LogP contribution in [0.15, 0.2) is 65.5 Å². The summed E-state index contributed by atoms with van der Waals surface area (Å²) in [5.41, 5.74) is 4.23. The Bertz CT molecular complexity index is 2770. The first-order valence-electron chi connectivity index (χ1n) is 28.5. The van der Waals surface area contributed by atoms with Crippen LogP contribution in [0.3, 0.4) is 0 Å². The normalized spacial score (nSPS) is 21.2. The lowest BCUT2D eigenvalue weighted by atomic mass is 9.86. The number of fused-ring (bicyclic) bond motifs is 2. The second kappa shape index (κ2) is 25.0. The van der Waals surface area contributed by atoms with E-state index >= 15 is 0 Å². The molecular formula is C59H77FN10O6. The third-order valence-corrected chi connectivity index (χ3v) is 17.2. The summed E-state index contributed by atoms with van der Waals surface area (Å²) in [6.07, 6.45) is 14.9. The van der Waals surface area contributed by atoms with Crippen LogP contribution in [-0.2, 0) is 27.2 Å². The van der Waals surface area contributed by atoms with Gasteiger partial charge < -0.3 is 30.2 Å². The molecule has 16 nitrogen and oxygen atoms in total. The summed E-state index contributed by atoms with van der Waals surface area (Å²) in [6.45, 7) is 11.2. The van der Waals surface area contributed by atoms with Crippen molar-refractivity contribution in [3.05, 3.63) is 110 Å². The minimum atomic E-state index is -0.586. The number of nitrogens with one attached hydrogen (secondary N) is 3. The lowest BCUT2D eigenvalue weighted by Crippen LogP contribution is -2.53. The number of piperazine rings is 2. The topological polar surface area (TPSA) is 175 Å². The number of carbonyl (C=O) groups excluding carboxylic acids is 5. The van der Waals surface area contributed by atoms with Crippen molar-refractivity contribution in [3.8, 4) is 0 Å². The van der Waals surface area contributed by atoms with Gasteiger partial charge in [0.05, 0.1) is 29.7 Å². The van der Waals surface area contributed by atoms with Crippen molar-refractivity contribution in [2.45, 2.75) is 102 Å². The zero-order chi connectivity index (χ0) is 52.5. The SMILES string of the molecule is O=C(CC1CCCCC1)N1CCN(CC2CCN(CC(=O)N3CCN(C(=O)c4cc(Cc5n[nH]c(=O)c6ccccc56)ccc4F)CC3)CC2)CC1.O=C1NCCc2ccc(C3CCCN(C(=O)CNC4CC4)C3)cc21. The second-order valence-corrected chi connectivity index (χ2v) is 22.6. The van der Waals surface area contributed by atoms with Crippen molar-refractivity contribution >= 4 is 40.3 Å². The van der Waals surface area contributed by atoms with Gasteiger partial charge in [-0.2, -0.15) is 5.10 Å².